The second-order valence-corrected chi connectivity index (χ2v) is 7.79. The van der Waals surface area contributed by atoms with Gasteiger partial charge in [0.05, 0.1) is 5.70 Å². The van der Waals surface area contributed by atoms with E-state index in [1.807, 2.05) is 44.6 Å². The van der Waals surface area contributed by atoms with Gasteiger partial charge in [0.1, 0.15) is 5.65 Å². The summed E-state index contributed by atoms with van der Waals surface area (Å²) in [4.78, 5) is 11.8. The number of hydrazone groups is 1. The molecule has 2 aromatic heterocycles. The van der Waals surface area contributed by atoms with Gasteiger partial charge in [-0.25, -0.2) is 9.99 Å². The van der Waals surface area contributed by atoms with Crippen LogP contribution in [0.4, 0.5) is 5.95 Å². The van der Waals surface area contributed by atoms with E-state index in [0.717, 1.165) is 39.6 Å². The van der Waals surface area contributed by atoms with Gasteiger partial charge in [-0.05, 0) is 44.4 Å². The lowest BCUT2D eigenvalue weighted by Crippen LogP contribution is -2.28. The van der Waals surface area contributed by atoms with Crippen LogP contribution < -0.4 is 10.6 Å². The van der Waals surface area contributed by atoms with E-state index in [-0.39, 0.29) is 0 Å². The minimum atomic E-state index is 0.594. The third-order valence-electron chi connectivity index (χ3n) is 5.27. The summed E-state index contributed by atoms with van der Waals surface area (Å²) >= 11 is 0. The van der Waals surface area contributed by atoms with Gasteiger partial charge in [0.2, 0.25) is 5.95 Å². The van der Waals surface area contributed by atoms with Gasteiger partial charge < -0.3 is 15.6 Å². The quantitative estimate of drug-likeness (QED) is 0.582. The molecule has 0 unspecified atom stereocenters. The van der Waals surface area contributed by atoms with E-state index in [9.17, 15) is 0 Å². The summed E-state index contributed by atoms with van der Waals surface area (Å²) in [6.45, 7) is 11.8. The van der Waals surface area contributed by atoms with Crippen molar-refractivity contribution in [3.63, 3.8) is 0 Å². The van der Waals surface area contributed by atoms with E-state index in [2.05, 4.69) is 43.8 Å². The Balaban J connectivity index is 0.000000229. The Bertz CT molecular complexity index is 1010. The first kappa shape index (κ1) is 22.3. The lowest BCUT2D eigenvalue weighted by Gasteiger charge is -2.23. The zero-order chi connectivity index (χ0) is 22.2. The summed E-state index contributed by atoms with van der Waals surface area (Å²) in [5, 5.41) is 13.2. The van der Waals surface area contributed by atoms with Crippen molar-refractivity contribution >= 4 is 28.8 Å². The fourth-order valence-corrected chi connectivity index (χ4v) is 3.81. The summed E-state index contributed by atoms with van der Waals surface area (Å²) in [5.74, 6) is 0.594. The highest BCUT2D eigenvalue weighted by molar-refractivity contribution is 5.94. The molecular formula is C24H33N7. The normalized spacial score (nSPS) is 16.8. The molecule has 0 atom stereocenters. The molecule has 1 aliphatic carbocycles. The van der Waals surface area contributed by atoms with Gasteiger partial charge in [0, 0.05) is 54.5 Å². The van der Waals surface area contributed by atoms with Crippen molar-refractivity contribution in [3.05, 3.63) is 60.9 Å². The van der Waals surface area contributed by atoms with Crippen LogP contribution in [0.3, 0.4) is 0 Å². The van der Waals surface area contributed by atoms with Crippen molar-refractivity contribution in [2.24, 2.45) is 5.10 Å². The zero-order valence-electron chi connectivity index (χ0n) is 18.8. The van der Waals surface area contributed by atoms with Crippen LogP contribution in [0.5, 0.6) is 0 Å². The van der Waals surface area contributed by atoms with E-state index < -0.39 is 0 Å². The highest BCUT2D eigenvalue weighted by Crippen LogP contribution is 2.29. The van der Waals surface area contributed by atoms with Crippen molar-refractivity contribution in [2.45, 2.75) is 52.0 Å². The number of aromatic amines is 1. The van der Waals surface area contributed by atoms with Crippen molar-refractivity contribution in [2.75, 3.05) is 12.4 Å². The Hall–Kier alpha value is -3.35. The fraction of sp³-hybridized carbons (Fsp3) is 0.375. The van der Waals surface area contributed by atoms with Gasteiger partial charge in [-0.1, -0.05) is 32.4 Å². The second kappa shape index (κ2) is 10.6. The number of hydrogen-bond donors (Lipinski definition) is 3. The molecule has 1 fully saturated rings. The summed E-state index contributed by atoms with van der Waals surface area (Å²) in [6, 6.07) is 0.728. The number of allylic oxidation sites excluding steroid dienone is 4. The van der Waals surface area contributed by atoms with Gasteiger partial charge in [0.25, 0.3) is 0 Å². The van der Waals surface area contributed by atoms with Crippen molar-refractivity contribution in [1.82, 2.24) is 25.3 Å². The fourth-order valence-electron chi connectivity index (χ4n) is 3.81. The molecule has 3 N–H and O–H groups in total. The number of nitrogens with zero attached hydrogens (tertiary/aromatic N) is 4. The van der Waals surface area contributed by atoms with Gasteiger partial charge in [0.15, 0.2) is 0 Å². The molecule has 2 aromatic rings. The van der Waals surface area contributed by atoms with E-state index >= 15 is 0 Å². The molecule has 7 nitrogen and oxygen atoms in total. The van der Waals surface area contributed by atoms with Crippen LogP contribution in [0, 0.1) is 0 Å². The second-order valence-electron chi connectivity index (χ2n) is 7.79. The number of rotatable bonds is 5. The highest BCUT2D eigenvalue weighted by atomic mass is 15.4. The van der Waals surface area contributed by atoms with Gasteiger partial charge in [-0.3, -0.25) is 0 Å². The molecule has 0 bridgehead atoms. The Labute approximate surface area is 184 Å². The average Bonchev–Trinajstić information content (AvgIpc) is 3.19. The maximum Gasteiger partial charge on any atom is 0.224 e. The number of hydrogen-bond acceptors (Lipinski definition) is 6. The molecule has 0 saturated heterocycles. The van der Waals surface area contributed by atoms with Crippen LogP contribution in [-0.4, -0.2) is 39.3 Å². The van der Waals surface area contributed by atoms with Crippen LogP contribution in [0.15, 0.2) is 60.4 Å². The molecule has 0 radical (unpaired) electrons. The van der Waals surface area contributed by atoms with Gasteiger partial charge >= 0.3 is 0 Å². The molecule has 0 spiro atoms. The third-order valence-corrected chi connectivity index (χ3v) is 5.27. The molecular weight excluding hydrogens is 386 g/mol. The topological polar surface area (TPSA) is 81.2 Å². The number of aromatic nitrogens is 3. The van der Waals surface area contributed by atoms with E-state index in [1.54, 1.807) is 18.3 Å². The van der Waals surface area contributed by atoms with E-state index in [1.165, 1.54) is 32.1 Å². The average molecular weight is 420 g/mol. The largest absolute Gasteiger partial charge is 0.386 e. The molecule has 0 aromatic carbocycles. The number of H-pyrrole nitrogens is 1. The molecule has 164 valence electrons. The monoisotopic (exact) mass is 419 g/mol. The minimum Gasteiger partial charge on any atom is -0.386 e. The maximum absolute atomic E-state index is 4.39. The molecule has 1 saturated carbocycles. The summed E-state index contributed by atoms with van der Waals surface area (Å²) < 4.78 is 0. The smallest absolute Gasteiger partial charge is 0.224 e. The molecule has 7 heteroatoms. The summed E-state index contributed by atoms with van der Waals surface area (Å²) in [7, 11) is 1.80. The van der Waals surface area contributed by atoms with Crippen LogP contribution in [0.2, 0.25) is 0 Å². The van der Waals surface area contributed by atoms with E-state index in [4.69, 9.17) is 0 Å². The standard InChI is InChI=1S/C15H16N6.C9H17N/c1-4-19-21-6-5-11(7-10(21)2)12-8-17-14-13(12)9-18-15(16-3)20-14;1-8(2)10-9-6-4-3-5-7-9/h4-9H,2H2,1,3H3,(H2,16,17,18,20);9-10H,1,3-7H2,2H3/b19-4-;. The molecule has 3 heterocycles. The summed E-state index contributed by atoms with van der Waals surface area (Å²) in [6.07, 6.45) is 18.2. The minimum absolute atomic E-state index is 0.594. The van der Waals surface area contributed by atoms with Crippen LogP contribution in [0.1, 0.15) is 51.5 Å². The Kier molecular flexibility index (Phi) is 7.65. The molecule has 4 rings (SSSR count). The molecule has 2 aliphatic rings. The lowest BCUT2D eigenvalue weighted by molar-refractivity contribution is 0.397. The van der Waals surface area contributed by atoms with Crippen LogP contribution in [-0.2, 0) is 0 Å². The first-order valence-electron chi connectivity index (χ1n) is 10.8. The zero-order valence-corrected chi connectivity index (χ0v) is 18.8. The predicted octanol–water partition coefficient (Wildman–Crippen LogP) is 5.17. The third kappa shape index (κ3) is 5.84. The Morgan fingerprint density at radius 2 is 2.10 bits per heavy atom. The van der Waals surface area contributed by atoms with Crippen molar-refractivity contribution in [3.8, 4) is 0 Å². The molecule has 31 heavy (non-hydrogen) atoms. The van der Waals surface area contributed by atoms with Crippen molar-refractivity contribution < 1.29 is 0 Å². The molecule has 0 amide bonds. The molecule has 1 aliphatic heterocycles. The predicted molar refractivity (Wildman–Crippen MR) is 131 cm³/mol. The van der Waals surface area contributed by atoms with Crippen LogP contribution in [0.25, 0.3) is 16.6 Å². The number of anilines is 1. The Morgan fingerprint density at radius 3 is 2.74 bits per heavy atom. The van der Waals surface area contributed by atoms with Gasteiger partial charge in [-0.2, -0.15) is 10.1 Å². The van der Waals surface area contributed by atoms with E-state index in [0.29, 0.717) is 5.95 Å². The number of nitrogens with one attached hydrogen (secondary N) is 3. The van der Waals surface area contributed by atoms with Crippen LogP contribution >= 0.6 is 0 Å². The first-order chi connectivity index (χ1) is 15.0. The first-order valence-corrected chi connectivity index (χ1v) is 10.8. The Morgan fingerprint density at radius 1 is 1.32 bits per heavy atom. The SMILES string of the molecule is C=C(C)NC1CCCCC1.C=C1C=C(c2c[nH]c3nc(NC)ncc23)C=CN1/N=C\C. The highest BCUT2D eigenvalue weighted by Gasteiger charge is 2.14. The lowest BCUT2D eigenvalue weighted by atomic mass is 9.95. The number of fused-ring (bicyclic) bond motifs is 1. The summed E-state index contributed by atoms with van der Waals surface area (Å²) in [5.41, 5.74) is 4.83. The maximum atomic E-state index is 4.39. The van der Waals surface area contributed by atoms with Gasteiger partial charge in [-0.15, -0.1) is 0 Å². The van der Waals surface area contributed by atoms with Crippen molar-refractivity contribution in [1.29, 1.82) is 0 Å².